The quantitative estimate of drug-likeness (QED) is 0.349. The van der Waals surface area contributed by atoms with Crippen LogP contribution in [-0.4, -0.2) is 26.0 Å². The molecule has 0 spiro atoms. The predicted octanol–water partition coefficient (Wildman–Crippen LogP) is 4.35. The van der Waals surface area contributed by atoms with E-state index in [9.17, 15) is 9.59 Å². The van der Waals surface area contributed by atoms with E-state index >= 15 is 0 Å². The van der Waals surface area contributed by atoms with Crippen LogP contribution in [0, 0.1) is 0 Å². The van der Waals surface area contributed by atoms with Crippen molar-refractivity contribution < 1.29 is 23.8 Å². The molecule has 0 bridgehead atoms. The van der Waals surface area contributed by atoms with Gasteiger partial charge in [-0.25, -0.2) is 4.79 Å². The zero-order chi connectivity index (χ0) is 19.9. The lowest BCUT2D eigenvalue weighted by Gasteiger charge is -2.10. The Hall–Kier alpha value is -3.60. The van der Waals surface area contributed by atoms with Crippen molar-refractivity contribution in [3.8, 4) is 17.2 Å². The lowest BCUT2D eigenvalue weighted by molar-refractivity contribution is 0.0729. The van der Waals surface area contributed by atoms with Gasteiger partial charge in [-0.3, -0.25) is 4.79 Å². The highest BCUT2D eigenvalue weighted by atomic mass is 16.5. The first-order valence-corrected chi connectivity index (χ1v) is 8.72. The molecule has 3 rings (SSSR count). The highest BCUT2D eigenvalue weighted by Crippen LogP contribution is 2.20. The molecule has 0 radical (unpaired) electrons. The normalized spacial score (nSPS) is 10.2. The molecule has 0 aliphatic heterocycles. The van der Waals surface area contributed by atoms with E-state index in [-0.39, 0.29) is 17.8 Å². The molecule has 3 aromatic rings. The Balaban J connectivity index is 1.76. The largest absolute Gasteiger partial charge is 0.497 e. The molecule has 0 amide bonds. The van der Waals surface area contributed by atoms with Gasteiger partial charge in [0.1, 0.15) is 17.2 Å². The van der Waals surface area contributed by atoms with Gasteiger partial charge in [-0.2, -0.15) is 0 Å². The van der Waals surface area contributed by atoms with Crippen LogP contribution in [0.4, 0.5) is 0 Å². The topological polar surface area (TPSA) is 61.8 Å². The molecule has 0 N–H and O–H groups in total. The fraction of sp³-hybridized carbons (Fsp3) is 0.130. The number of ketones is 1. The van der Waals surface area contributed by atoms with E-state index in [1.165, 1.54) is 0 Å². The van der Waals surface area contributed by atoms with Crippen LogP contribution in [0.1, 0.15) is 26.3 Å². The molecule has 142 valence electrons. The van der Waals surface area contributed by atoms with Crippen LogP contribution in [0.15, 0.2) is 72.8 Å². The molecule has 0 heterocycles. The van der Waals surface area contributed by atoms with Crippen LogP contribution in [0.2, 0.25) is 0 Å². The number of esters is 1. The number of hydrogen-bond acceptors (Lipinski definition) is 5. The molecule has 5 nitrogen and oxygen atoms in total. The summed E-state index contributed by atoms with van der Waals surface area (Å²) in [7, 11) is 3.15. The fourth-order valence-corrected chi connectivity index (χ4v) is 2.73. The summed E-state index contributed by atoms with van der Waals surface area (Å²) in [5, 5.41) is 0. The molecule has 28 heavy (non-hydrogen) atoms. The number of hydrogen-bond donors (Lipinski definition) is 0. The van der Waals surface area contributed by atoms with Crippen molar-refractivity contribution in [1.82, 2.24) is 0 Å². The highest BCUT2D eigenvalue weighted by Gasteiger charge is 2.18. The monoisotopic (exact) mass is 376 g/mol. The summed E-state index contributed by atoms with van der Waals surface area (Å²) in [6.45, 7) is 0. The smallest absolute Gasteiger partial charge is 0.344 e. The van der Waals surface area contributed by atoms with Crippen LogP contribution in [-0.2, 0) is 6.42 Å². The zero-order valence-corrected chi connectivity index (χ0v) is 15.7. The van der Waals surface area contributed by atoms with E-state index < -0.39 is 5.97 Å². The van der Waals surface area contributed by atoms with Crippen LogP contribution < -0.4 is 14.2 Å². The Morgan fingerprint density at radius 1 is 0.679 bits per heavy atom. The number of Topliss-reactive ketones (excluding diaryl/α,β-unsaturated/α-hetero) is 1. The maximum Gasteiger partial charge on any atom is 0.344 e. The van der Waals surface area contributed by atoms with Crippen molar-refractivity contribution in [2.24, 2.45) is 0 Å². The minimum Gasteiger partial charge on any atom is -0.497 e. The second-order valence-electron chi connectivity index (χ2n) is 6.06. The average molecular weight is 376 g/mol. The Morgan fingerprint density at radius 3 is 1.75 bits per heavy atom. The van der Waals surface area contributed by atoms with Crippen molar-refractivity contribution in [3.63, 3.8) is 0 Å². The van der Waals surface area contributed by atoms with Crippen molar-refractivity contribution in [2.75, 3.05) is 14.2 Å². The van der Waals surface area contributed by atoms with Crippen molar-refractivity contribution in [3.05, 3.63) is 89.5 Å². The van der Waals surface area contributed by atoms with Crippen molar-refractivity contribution in [1.29, 1.82) is 0 Å². The molecule has 0 aliphatic rings. The van der Waals surface area contributed by atoms with E-state index in [0.29, 0.717) is 17.1 Å². The van der Waals surface area contributed by atoms with E-state index in [4.69, 9.17) is 14.2 Å². The zero-order valence-electron chi connectivity index (χ0n) is 15.7. The van der Waals surface area contributed by atoms with Gasteiger partial charge in [0.25, 0.3) is 0 Å². The summed E-state index contributed by atoms with van der Waals surface area (Å²) >= 11 is 0. The third kappa shape index (κ3) is 4.57. The van der Waals surface area contributed by atoms with E-state index in [1.807, 2.05) is 12.1 Å². The highest BCUT2D eigenvalue weighted by molar-refractivity contribution is 6.07. The summed E-state index contributed by atoms with van der Waals surface area (Å²) in [5.41, 5.74) is 1.40. The molecular formula is C23H20O5. The first-order valence-electron chi connectivity index (χ1n) is 8.72. The summed E-state index contributed by atoms with van der Waals surface area (Å²) in [6, 6.07) is 20.6. The molecule has 0 saturated carbocycles. The molecule has 0 fully saturated rings. The molecule has 0 saturated heterocycles. The third-order valence-electron chi connectivity index (χ3n) is 4.24. The summed E-state index contributed by atoms with van der Waals surface area (Å²) in [4.78, 5) is 25.4. The second-order valence-corrected chi connectivity index (χ2v) is 6.06. The first-order chi connectivity index (χ1) is 13.6. The molecule has 0 aliphatic carbocycles. The molecule has 0 unspecified atom stereocenters. The van der Waals surface area contributed by atoms with Gasteiger partial charge in [0.05, 0.1) is 19.8 Å². The maximum absolute atomic E-state index is 12.8. The van der Waals surface area contributed by atoms with E-state index in [2.05, 4.69) is 0 Å². The Labute approximate surface area is 163 Å². The van der Waals surface area contributed by atoms with Gasteiger partial charge >= 0.3 is 5.97 Å². The van der Waals surface area contributed by atoms with Crippen molar-refractivity contribution in [2.45, 2.75) is 6.42 Å². The van der Waals surface area contributed by atoms with Gasteiger partial charge in [-0.05, 0) is 48.0 Å². The van der Waals surface area contributed by atoms with Gasteiger partial charge < -0.3 is 14.2 Å². The second kappa shape index (κ2) is 8.86. The van der Waals surface area contributed by atoms with Gasteiger partial charge in [-0.15, -0.1) is 0 Å². The lowest BCUT2D eigenvalue weighted by Crippen LogP contribution is -2.15. The van der Waals surface area contributed by atoms with Crippen LogP contribution >= 0.6 is 0 Å². The summed E-state index contributed by atoms with van der Waals surface area (Å²) in [6.07, 6.45) is 0.177. The van der Waals surface area contributed by atoms with E-state index in [0.717, 1.165) is 11.3 Å². The van der Waals surface area contributed by atoms with Gasteiger partial charge in [0.15, 0.2) is 5.78 Å². The molecule has 0 atom stereocenters. The predicted molar refractivity (Wildman–Crippen MR) is 105 cm³/mol. The average Bonchev–Trinajstić information content (AvgIpc) is 2.74. The number of carbonyl (C=O) groups is 2. The van der Waals surface area contributed by atoms with Crippen LogP contribution in [0.25, 0.3) is 0 Å². The molecule has 5 heteroatoms. The number of methoxy groups -OCH3 is 2. The standard InChI is InChI=1S/C23H20O5/c1-26-17-9-7-16(8-10-17)15-22(24)20-5-3-4-6-21(20)23(25)28-19-13-11-18(27-2)12-14-19/h3-14H,15H2,1-2H3. The SMILES string of the molecule is COc1ccc(CC(=O)c2ccccc2C(=O)Oc2ccc(OC)cc2)cc1. The fourth-order valence-electron chi connectivity index (χ4n) is 2.73. The molecule has 3 aromatic carbocycles. The Kier molecular flexibility index (Phi) is 6.07. The summed E-state index contributed by atoms with van der Waals surface area (Å²) in [5.74, 6) is 1.02. The number of carbonyl (C=O) groups excluding carboxylic acids is 2. The third-order valence-corrected chi connectivity index (χ3v) is 4.24. The van der Waals surface area contributed by atoms with Crippen LogP contribution in [0.3, 0.4) is 0 Å². The first kappa shape index (κ1) is 19.2. The minimum absolute atomic E-state index is 0.160. The molecule has 0 aromatic heterocycles. The maximum atomic E-state index is 12.8. The van der Waals surface area contributed by atoms with Crippen molar-refractivity contribution >= 4 is 11.8 Å². The van der Waals surface area contributed by atoms with Gasteiger partial charge in [0, 0.05) is 12.0 Å². The minimum atomic E-state index is -0.580. The van der Waals surface area contributed by atoms with Crippen LogP contribution in [0.5, 0.6) is 17.2 Å². The van der Waals surface area contributed by atoms with Gasteiger partial charge in [-0.1, -0.05) is 30.3 Å². The number of ether oxygens (including phenoxy) is 3. The Morgan fingerprint density at radius 2 is 1.18 bits per heavy atom. The lowest BCUT2D eigenvalue weighted by atomic mass is 9.98. The van der Waals surface area contributed by atoms with E-state index in [1.54, 1.807) is 74.9 Å². The van der Waals surface area contributed by atoms with Gasteiger partial charge in [0.2, 0.25) is 0 Å². The Bertz CT molecular complexity index is 879. The summed E-state index contributed by atoms with van der Waals surface area (Å²) < 4.78 is 15.6. The number of benzene rings is 3. The molecular weight excluding hydrogens is 356 g/mol. The number of rotatable bonds is 7.